The molecule has 0 radical (unpaired) electrons. The minimum Gasteiger partial charge on any atom is -0.368 e. The van der Waals surface area contributed by atoms with Gasteiger partial charge in [-0.2, -0.15) is 0 Å². The third-order valence-corrected chi connectivity index (χ3v) is 1.99. The molecule has 68 valence electrons. The summed E-state index contributed by atoms with van der Waals surface area (Å²) in [6.07, 6.45) is 1.97. The number of hydrogen-bond acceptors (Lipinski definition) is 3. The Labute approximate surface area is 70.7 Å². The largest absolute Gasteiger partial charge is 0.368 e. The second-order valence-corrected chi connectivity index (χ2v) is 2.91. The summed E-state index contributed by atoms with van der Waals surface area (Å²) in [5.74, 6) is -1.10. The molecule has 0 aliphatic carbocycles. The van der Waals surface area contributed by atoms with E-state index < -0.39 is 11.9 Å². The second kappa shape index (κ2) is 3.53. The average Bonchev–Trinajstić information content (AvgIpc) is 2.53. The molecule has 1 atom stereocenters. The molecule has 1 heterocycles. The highest BCUT2D eigenvalue weighted by Gasteiger charge is 2.26. The summed E-state index contributed by atoms with van der Waals surface area (Å²) in [7, 11) is 0. The summed E-state index contributed by atoms with van der Waals surface area (Å²) < 4.78 is 0. The second-order valence-electron chi connectivity index (χ2n) is 2.91. The van der Waals surface area contributed by atoms with E-state index in [4.69, 9.17) is 11.5 Å². The quantitative estimate of drug-likeness (QED) is 0.491. The fraction of sp³-hybridized carbons (Fsp3) is 0.714. The van der Waals surface area contributed by atoms with Crippen molar-refractivity contribution < 1.29 is 9.59 Å². The Balaban J connectivity index is 2.51. The van der Waals surface area contributed by atoms with Gasteiger partial charge in [-0.15, -0.1) is 0 Å². The Morgan fingerprint density at radius 3 is 2.17 bits per heavy atom. The summed E-state index contributed by atoms with van der Waals surface area (Å²) in [6.45, 7) is 1.39. The molecule has 4 N–H and O–H groups in total. The minimum absolute atomic E-state index is 0.347. The smallest absolute Gasteiger partial charge is 0.249 e. The van der Waals surface area contributed by atoms with Gasteiger partial charge in [-0.3, -0.25) is 9.59 Å². The lowest BCUT2D eigenvalue weighted by Crippen LogP contribution is -2.50. The fourth-order valence-electron chi connectivity index (χ4n) is 1.26. The lowest BCUT2D eigenvalue weighted by Gasteiger charge is -2.17. The highest BCUT2D eigenvalue weighted by atomic mass is 16.2. The van der Waals surface area contributed by atoms with E-state index in [2.05, 4.69) is 0 Å². The monoisotopic (exact) mass is 171 g/mol. The standard InChI is InChI=1S/C7H13N3O2/c8-5(6(9)11)7(12)10-3-1-2-4-10/h5H,1-4,8H2,(H2,9,11). The van der Waals surface area contributed by atoms with Crippen molar-refractivity contribution in [1.29, 1.82) is 0 Å². The maximum absolute atomic E-state index is 11.3. The van der Waals surface area contributed by atoms with E-state index in [0.717, 1.165) is 12.8 Å². The van der Waals surface area contributed by atoms with Gasteiger partial charge in [0.1, 0.15) is 0 Å². The number of likely N-dealkylation sites (tertiary alicyclic amines) is 1. The number of nitrogens with zero attached hydrogens (tertiary/aromatic N) is 1. The molecule has 0 aromatic carbocycles. The molecule has 5 nitrogen and oxygen atoms in total. The van der Waals surface area contributed by atoms with E-state index in [1.807, 2.05) is 0 Å². The highest BCUT2D eigenvalue weighted by Crippen LogP contribution is 2.08. The number of primary amides is 1. The number of amides is 2. The van der Waals surface area contributed by atoms with Crippen LogP contribution in [-0.2, 0) is 9.59 Å². The lowest BCUT2D eigenvalue weighted by molar-refractivity contribution is -0.136. The SMILES string of the molecule is NC(=O)C(N)C(=O)N1CCCC1. The van der Waals surface area contributed by atoms with E-state index in [1.54, 1.807) is 4.90 Å². The topological polar surface area (TPSA) is 89.4 Å². The zero-order chi connectivity index (χ0) is 9.14. The molecule has 1 unspecified atom stereocenters. The number of hydrogen-bond donors (Lipinski definition) is 2. The summed E-state index contributed by atoms with van der Waals surface area (Å²) in [5, 5.41) is 0. The third kappa shape index (κ3) is 1.73. The van der Waals surface area contributed by atoms with E-state index in [-0.39, 0.29) is 5.91 Å². The van der Waals surface area contributed by atoms with Crippen LogP contribution in [0.2, 0.25) is 0 Å². The Kier molecular flexibility index (Phi) is 2.65. The molecule has 1 fully saturated rings. The van der Waals surface area contributed by atoms with Gasteiger partial charge in [-0.25, -0.2) is 0 Å². The van der Waals surface area contributed by atoms with E-state index in [0.29, 0.717) is 13.1 Å². The molecular formula is C7H13N3O2. The zero-order valence-electron chi connectivity index (χ0n) is 6.82. The van der Waals surface area contributed by atoms with Crippen LogP contribution >= 0.6 is 0 Å². The Bertz CT molecular complexity index is 199. The van der Waals surface area contributed by atoms with Crippen molar-refractivity contribution in [2.24, 2.45) is 11.5 Å². The van der Waals surface area contributed by atoms with Crippen molar-refractivity contribution in [3.63, 3.8) is 0 Å². The molecule has 0 bridgehead atoms. The molecule has 1 saturated heterocycles. The minimum atomic E-state index is -1.16. The van der Waals surface area contributed by atoms with Crippen molar-refractivity contribution in [2.75, 3.05) is 13.1 Å². The molecule has 1 aliphatic heterocycles. The summed E-state index contributed by atoms with van der Waals surface area (Å²) in [4.78, 5) is 23.4. The van der Waals surface area contributed by atoms with Crippen LogP contribution < -0.4 is 11.5 Å². The molecule has 0 aromatic rings. The Morgan fingerprint density at radius 1 is 1.25 bits per heavy atom. The number of rotatable bonds is 2. The van der Waals surface area contributed by atoms with Gasteiger partial charge in [0.15, 0.2) is 6.04 Å². The first-order valence-corrected chi connectivity index (χ1v) is 3.96. The van der Waals surface area contributed by atoms with Gasteiger partial charge >= 0.3 is 0 Å². The molecule has 2 amide bonds. The predicted molar refractivity (Wildman–Crippen MR) is 43.0 cm³/mol. The first kappa shape index (κ1) is 8.99. The van der Waals surface area contributed by atoms with E-state index in [1.165, 1.54) is 0 Å². The summed E-state index contributed by atoms with van der Waals surface area (Å²) in [6, 6.07) is -1.16. The van der Waals surface area contributed by atoms with Crippen LogP contribution in [0.15, 0.2) is 0 Å². The number of carbonyl (C=O) groups excluding carboxylic acids is 2. The van der Waals surface area contributed by atoms with Gasteiger partial charge < -0.3 is 16.4 Å². The van der Waals surface area contributed by atoms with Crippen molar-refractivity contribution in [3.8, 4) is 0 Å². The third-order valence-electron chi connectivity index (χ3n) is 1.99. The number of carbonyl (C=O) groups is 2. The highest BCUT2D eigenvalue weighted by molar-refractivity contribution is 6.03. The first-order valence-electron chi connectivity index (χ1n) is 3.96. The molecule has 5 heteroatoms. The van der Waals surface area contributed by atoms with E-state index in [9.17, 15) is 9.59 Å². The van der Waals surface area contributed by atoms with Crippen LogP contribution in [0.3, 0.4) is 0 Å². The molecule has 1 aliphatic rings. The normalized spacial score (nSPS) is 19.2. The average molecular weight is 171 g/mol. The first-order chi connectivity index (χ1) is 5.63. The summed E-state index contributed by atoms with van der Waals surface area (Å²) >= 11 is 0. The van der Waals surface area contributed by atoms with Crippen LogP contribution in [0.1, 0.15) is 12.8 Å². The van der Waals surface area contributed by atoms with Gasteiger partial charge in [0.2, 0.25) is 11.8 Å². The maximum Gasteiger partial charge on any atom is 0.249 e. The zero-order valence-corrected chi connectivity index (χ0v) is 6.82. The fourth-order valence-corrected chi connectivity index (χ4v) is 1.26. The maximum atomic E-state index is 11.3. The van der Waals surface area contributed by atoms with Crippen molar-refractivity contribution in [2.45, 2.75) is 18.9 Å². The molecule has 0 spiro atoms. The van der Waals surface area contributed by atoms with Crippen LogP contribution in [0.4, 0.5) is 0 Å². The van der Waals surface area contributed by atoms with Gasteiger partial charge in [0.25, 0.3) is 0 Å². The van der Waals surface area contributed by atoms with Crippen LogP contribution in [0.25, 0.3) is 0 Å². The Morgan fingerprint density at radius 2 is 1.75 bits per heavy atom. The number of nitrogens with two attached hydrogens (primary N) is 2. The van der Waals surface area contributed by atoms with Crippen LogP contribution in [0, 0.1) is 0 Å². The Hall–Kier alpha value is -1.10. The molecule has 0 aromatic heterocycles. The molecular weight excluding hydrogens is 158 g/mol. The van der Waals surface area contributed by atoms with Gasteiger partial charge in [-0.05, 0) is 12.8 Å². The molecule has 1 rings (SSSR count). The van der Waals surface area contributed by atoms with Crippen molar-refractivity contribution in [1.82, 2.24) is 4.90 Å². The van der Waals surface area contributed by atoms with Crippen molar-refractivity contribution >= 4 is 11.8 Å². The van der Waals surface area contributed by atoms with Crippen molar-refractivity contribution in [3.05, 3.63) is 0 Å². The molecule has 0 saturated carbocycles. The van der Waals surface area contributed by atoms with Crippen LogP contribution in [-0.4, -0.2) is 35.8 Å². The van der Waals surface area contributed by atoms with Gasteiger partial charge in [0, 0.05) is 13.1 Å². The van der Waals surface area contributed by atoms with Crippen LogP contribution in [0.5, 0.6) is 0 Å². The predicted octanol–water partition coefficient (Wildman–Crippen LogP) is -1.58. The molecule has 12 heavy (non-hydrogen) atoms. The lowest BCUT2D eigenvalue weighted by atomic mass is 10.2. The van der Waals surface area contributed by atoms with Gasteiger partial charge in [0.05, 0.1) is 0 Å². The van der Waals surface area contributed by atoms with Gasteiger partial charge in [-0.1, -0.05) is 0 Å². The summed E-state index contributed by atoms with van der Waals surface area (Å²) in [5.41, 5.74) is 10.2. The van der Waals surface area contributed by atoms with E-state index >= 15 is 0 Å².